The van der Waals surface area contributed by atoms with Crippen LogP contribution < -0.4 is 4.74 Å². The van der Waals surface area contributed by atoms with Crippen molar-refractivity contribution in [3.05, 3.63) is 28.7 Å². The molecule has 0 aliphatic heterocycles. The summed E-state index contributed by atoms with van der Waals surface area (Å²) in [6.45, 7) is 2.48. The van der Waals surface area contributed by atoms with Crippen LogP contribution in [0.1, 0.15) is 26.2 Å². The fourth-order valence-electron chi connectivity index (χ4n) is 1.27. The van der Waals surface area contributed by atoms with Gasteiger partial charge in [-0.3, -0.25) is 0 Å². The molecule has 15 heavy (non-hydrogen) atoms. The number of hydrogen-bond donors (Lipinski definition) is 1. The Balaban J connectivity index is 2.33. The largest absolute Gasteiger partial charge is 0.490 e. The summed E-state index contributed by atoms with van der Waals surface area (Å²) in [6, 6.07) is 7.66. The normalized spacial score (nSPS) is 12.5. The van der Waals surface area contributed by atoms with Gasteiger partial charge in [-0.15, -0.1) is 0 Å². The van der Waals surface area contributed by atoms with Gasteiger partial charge in [-0.05, 0) is 34.5 Å². The van der Waals surface area contributed by atoms with Crippen molar-refractivity contribution in [2.24, 2.45) is 0 Å². The van der Waals surface area contributed by atoms with Gasteiger partial charge in [0.25, 0.3) is 0 Å². The van der Waals surface area contributed by atoms with E-state index in [1.165, 1.54) is 0 Å². The highest BCUT2D eigenvalue weighted by atomic mass is 79.9. The second-order valence-corrected chi connectivity index (χ2v) is 4.39. The molecular weight excluding hydrogens is 256 g/mol. The van der Waals surface area contributed by atoms with Crippen molar-refractivity contribution in [3.63, 3.8) is 0 Å². The Morgan fingerprint density at radius 2 is 2.13 bits per heavy atom. The van der Waals surface area contributed by atoms with E-state index in [1.54, 1.807) is 0 Å². The summed E-state index contributed by atoms with van der Waals surface area (Å²) in [5.74, 6) is 0.785. The summed E-state index contributed by atoms with van der Waals surface area (Å²) in [5, 5.41) is 9.59. The van der Waals surface area contributed by atoms with Crippen molar-refractivity contribution in [2.75, 3.05) is 6.61 Å². The maximum absolute atomic E-state index is 9.59. The van der Waals surface area contributed by atoms with Crippen molar-refractivity contribution in [2.45, 2.75) is 32.3 Å². The first-order chi connectivity index (χ1) is 7.24. The van der Waals surface area contributed by atoms with Crippen LogP contribution in [0.4, 0.5) is 0 Å². The van der Waals surface area contributed by atoms with Gasteiger partial charge < -0.3 is 9.84 Å². The molecule has 0 fully saturated rings. The maximum atomic E-state index is 9.59. The van der Waals surface area contributed by atoms with Gasteiger partial charge in [0.05, 0.1) is 10.6 Å². The average molecular weight is 273 g/mol. The number of hydrogen-bond acceptors (Lipinski definition) is 2. The quantitative estimate of drug-likeness (QED) is 0.861. The number of para-hydroxylation sites is 1. The Kier molecular flexibility index (Phi) is 5.73. The molecule has 1 atom stereocenters. The van der Waals surface area contributed by atoms with Gasteiger partial charge in [0, 0.05) is 0 Å². The minimum absolute atomic E-state index is 0.364. The van der Waals surface area contributed by atoms with Crippen LogP contribution in [0.15, 0.2) is 28.7 Å². The first kappa shape index (κ1) is 12.5. The minimum Gasteiger partial charge on any atom is -0.490 e. The third-order valence-electron chi connectivity index (χ3n) is 2.16. The average Bonchev–Trinajstić information content (AvgIpc) is 2.25. The van der Waals surface area contributed by atoms with Gasteiger partial charge in [-0.2, -0.15) is 0 Å². The number of ether oxygens (including phenoxy) is 1. The number of benzene rings is 1. The number of unbranched alkanes of at least 4 members (excludes halogenated alkanes) is 1. The summed E-state index contributed by atoms with van der Waals surface area (Å²) in [4.78, 5) is 0. The van der Waals surface area contributed by atoms with Crippen molar-refractivity contribution < 1.29 is 9.84 Å². The predicted octanol–water partition coefficient (Wildman–Crippen LogP) is 3.38. The molecule has 0 amide bonds. The van der Waals surface area contributed by atoms with Crippen LogP contribution in [0.25, 0.3) is 0 Å². The van der Waals surface area contributed by atoms with Gasteiger partial charge >= 0.3 is 0 Å². The number of rotatable bonds is 6. The molecule has 1 N–H and O–H groups in total. The molecule has 0 saturated carbocycles. The van der Waals surface area contributed by atoms with E-state index in [1.807, 2.05) is 24.3 Å². The molecule has 1 rings (SSSR count). The highest BCUT2D eigenvalue weighted by Crippen LogP contribution is 2.23. The SMILES string of the molecule is CCCC[C@H](O)COc1ccccc1Br. The highest BCUT2D eigenvalue weighted by Gasteiger charge is 2.05. The van der Waals surface area contributed by atoms with Crippen LogP contribution in [-0.4, -0.2) is 17.8 Å². The fourth-order valence-corrected chi connectivity index (χ4v) is 1.67. The van der Waals surface area contributed by atoms with Gasteiger partial charge in [0.1, 0.15) is 12.4 Å². The molecule has 1 aromatic carbocycles. The topological polar surface area (TPSA) is 29.5 Å². The molecular formula is C12H17BrO2. The minimum atomic E-state index is -0.364. The molecule has 0 unspecified atom stereocenters. The Hall–Kier alpha value is -0.540. The third-order valence-corrected chi connectivity index (χ3v) is 2.81. The van der Waals surface area contributed by atoms with Crippen molar-refractivity contribution >= 4 is 15.9 Å². The van der Waals surface area contributed by atoms with Gasteiger partial charge in [0.15, 0.2) is 0 Å². The van der Waals surface area contributed by atoms with E-state index >= 15 is 0 Å². The zero-order valence-electron chi connectivity index (χ0n) is 8.95. The van der Waals surface area contributed by atoms with Crippen molar-refractivity contribution in [3.8, 4) is 5.75 Å². The summed E-state index contributed by atoms with van der Waals surface area (Å²) >= 11 is 3.39. The monoisotopic (exact) mass is 272 g/mol. The zero-order chi connectivity index (χ0) is 11.1. The smallest absolute Gasteiger partial charge is 0.133 e. The number of aliphatic hydroxyl groups is 1. The van der Waals surface area contributed by atoms with E-state index < -0.39 is 0 Å². The fraction of sp³-hybridized carbons (Fsp3) is 0.500. The number of aliphatic hydroxyl groups excluding tert-OH is 1. The molecule has 0 aromatic heterocycles. The van der Waals surface area contributed by atoms with Crippen LogP contribution in [-0.2, 0) is 0 Å². The Bertz CT molecular complexity index is 289. The molecule has 0 saturated heterocycles. The first-order valence-electron chi connectivity index (χ1n) is 5.29. The van der Waals surface area contributed by atoms with Crippen LogP contribution in [0.2, 0.25) is 0 Å². The molecule has 2 nitrogen and oxygen atoms in total. The third kappa shape index (κ3) is 4.67. The lowest BCUT2D eigenvalue weighted by Crippen LogP contribution is -2.17. The predicted molar refractivity (Wildman–Crippen MR) is 65.2 cm³/mol. The second kappa shape index (κ2) is 6.85. The molecule has 84 valence electrons. The lowest BCUT2D eigenvalue weighted by molar-refractivity contribution is 0.0976. The zero-order valence-corrected chi connectivity index (χ0v) is 10.5. The molecule has 0 heterocycles. The molecule has 0 bridgehead atoms. The van der Waals surface area contributed by atoms with E-state index in [0.717, 1.165) is 29.5 Å². The van der Waals surface area contributed by atoms with Crippen LogP contribution in [0.5, 0.6) is 5.75 Å². The summed E-state index contributed by atoms with van der Waals surface area (Å²) < 4.78 is 6.42. The molecule has 3 heteroatoms. The Morgan fingerprint density at radius 1 is 1.40 bits per heavy atom. The van der Waals surface area contributed by atoms with Crippen molar-refractivity contribution in [1.82, 2.24) is 0 Å². The van der Waals surface area contributed by atoms with Gasteiger partial charge in [-0.1, -0.05) is 31.9 Å². The molecule has 0 aliphatic carbocycles. The highest BCUT2D eigenvalue weighted by molar-refractivity contribution is 9.10. The summed E-state index contributed by atoms with van der Waals surface area (Å²) in [7, 11) is 0. The van der Waals surface area contributed by atoms with E-state index in [-0.39, 0.29) is 6.10 Å². The van der Waals surface area contributed by atoms with E-state index in [2.05, 4.69) is 22.9 Å². The maximum Gasteiger partial charge on any atom is 0.133 e. The summed E-state index contributed by atoms with van der Waals surface area (Å²) in [6.07, 6.45) is 2.59. The molecule has 0 aliphatic rings. The van der Waals surface area contributed by atoms with E-state index in [9.17, 15) is 5.11 Å². The molecule has 0 spiro atoms. The Morgan fingerprint density at radius 3 is 2.80 bits per heavy atom. The second-order valence-electron chi connectivity index (χ2n) is 3.54. The molecule has 1 aromatic rings. The van der Waals surface area contributed by atoms with Crippen LogP contribution in [0, 0.1) is 0 Å². The lowest BCUT2D eigenvalue weighted by atomic mass is 10.2. The van der Waals surface area contributed by atoms with Crippen LogP contribution in [0.3, 0.4) is 0 Å². The van der Waals surface area contributed by atoms with Gasteiger partial charge in [-0.25, -0.2) is 0 Å². The molecule has 0 radical (unpaired) electrons. The first-order valence-corrected chi connectivity index (χ1v) is 6.08. The van der Waals surface area contributed by atoms with E-state index in [0.29, 0.717) is 6.61 Å². The standard InChI is InChI=1S/C12H17BrO2/c1-2-3-6-10(14)9-15-12-8-5-4-7-11(12)13/h4-5,7-8,10,14H,2-3,6,9H2,1H3/t10-/m0/s1. The van der Waals surface area contributed by atoms with Crippen LogP contribution >= 0.6 is 15.9 Å². The lowest BCUT2D eigenvalue weighted by Gasteiger charge is -2.12. The number of halogens is 1. The van der Waals surface area contributed by atoms with Gasteiger partial charge in [0.2, 0.25) is 0 Å². The Labute approximate surface area is 99.4 Å². The van der Waals surface area contributed by atoms with Crippen molar-refractivity contribution in [1.29, 1.82) is 0 Å². The van der Waals surface area contributed by atoms with E-state index in [4.69, 9.17) is 4.74 Å². The summed E-state index contributed by atoms with van der Waals surface area (Å²) in [5.41, 5.74) is 0.